The Kier molecular flexibility index (Phi) is 5.36. The van der Waals surface area contributed by atoms with Gasteiger partial charge in [-0.2, -0.15) is 0 Å². The lowest BCUT2D eigenvalue weighted by Gasteiger charge is -2.21. The molecule has 1 unspecified atom stereocenters. The van der Waals surface area contributed by atoms with Gasteiger partial charge in [-0.05, 0) is 58.7 Å². The van der Waals surface area contributed by atoms with Gasteiger partial charge >= 0.3 is 0 Å². The summed E-state index contributed by atoms with van der Waals surface area (Å²) < 4.78 is 28.7. The Bertz CT molecular complexity index is 661. The molecular formula is C16H15BrClF2N. The Labute approximate surface area is 136 Å². The Hall–Kier alpha value is -0.970. The van der Waals surface area contributed by atoms with Gasteiger partial charge in [0.2, 0.25) is 0 Å². The fourth-order valence-corrected chi connectivity index (χ4v) is 2.72. The highest BCUT2D eigenvalue weighted by Crippen LogP contribution is 2.32. The van der Waals surface area contributed by atoms with Crippen molar-refractivity contribution >= 4 is 27.5 Å². The third-order valence-corrected chi connectivity index (χ3v) is 4.33. The second-order valence-electron chi connectivity index (χ2n) is 4.76. The lowest BCUT2D eigenvalue weighted by Crippen LogP contribution is -2.24. The molecule has 2 aromatic rings. The zero-order valence-electron chi connectivity index (χ0n) is 11.7. The highest BCUT2D eigenvalue weighted by molar-refractivity contribution is 9.10. The van der Waals surface area contributed by atoms with Crippen molar-refractivity contribution in [3.8, 4) is 0 Å². The molecule has 1 N–H and O–H groups in total. The number of aryl methyl sites for hydroxylation is 1. The normalized spacial score (nSPS) is 12.5. The molecule has 0 aliphatic heterocycles. The van der Waals surface area contributed by atoms with Gasteiger partial charge in [-0.3, -0.25) is 0 Å². The van der Waals surface area contributed by atoms with E-state index in [0.717, 1.165) is 11.1 Å². The molecule has 0 fully saturated rings. The summed E-state index contributed by atoms with van der Waals surface area (Å²) in [5.41, 5.74) is 1.64. The first-order chi connectivity index (χ1) is 9.95. The Morgan fingerprint density at radius 1 is 1.24 bits per heavy atom. The van der Waals surface area contributed by atoms with Gasteiger partial charge in [0.15, 0.2) is 0 Å². The molecule has 0 radical (unpaired) electrons. The molecule has 1 nitrogen and oxygen atoms in total. The first-order valence-corrected chi connectivity index (χ1v) is 7.75. The third kappa shape index (κ3) is 3.44. The minimum absolute atomic E-state index is 0.00820. The first-order valence-electron chi connectivity index (χ1n) is 6.58. The van der Waals surface area contributed by atoms with Crippen LogP contribution in [0.5, 0.6) is 0 Å². The van der Waals surface area contributed by atoms with Crippen LogP contribution in [0.3, 0.4) is 0 Å². The molecule has 21 heavy (non-hydrogen) atoms. The summed E-state index contributed by atoms with van der Waals surface area (Å²) in [6.45, 7) is 4.34. The summed E-state index contributed by atoms with van der Waals surface area (Å²) in [6.07, 6.45) is 0. The number of nitrogens with one attached hydrogen (secondary N) is 1. The van der Waals surface area contributed by atoms with Crippen LogP contribution in [0.1, 0.15) is 29.7 Å². The summed E-state index contributed by atoms with van der Waals surface area (Å²) in [7, 11) is 0. The van der Waals surface area contributed by atoms with Crippen LogP contribution in [0.4, 0.5) is 8.78 Å². The van der Waals surface area contributed by atoms with Gasteiger partial charge < -0.3 is 5.32 Å². The van der Waals surface area contributed by atoms with Crippen LogP contribution >= 0.6 is 27.5 Å². The molecule has 2 aromatic carbocycles. The molecule has 0 amide bonds. The minimum atomic E-state index is -0.599. The summed E-state index contributed by atoms with van der Waals surface area (Å²) >= 11 is 9.23. The van der Waals surface area contributed by atoms with Gasteiger partial charge in [-0.25, -0.2) is 8.78 Å². The lowest BCUT2D eigenvalue weighted by atomic mass is 9.96. The van der Waals surface area contributed by atoms with E-state index in [4.69, 9.17) is 11.6 Å². The molecule has 2 rings (SSSR count). The highest BCUT2D eigenvalue weighted by atomic mass is 79.9. The van der Waals surface area contributed by atoms with Gasteiger partial charge in [0.1, 0.15) is 11.6 Å². The van der Waals surface area contributed by atoms with Crippen molar-refractivity contribution in [1.82, 2.24) is 5.32 Å². The van der Waals surface area contributed by atoms with E-state index in [-0.39, 0.29) is 10.0 Å². The fraction of sp³-hybridized carbons (Fsp3) is 0.250. The summed E-state index contributed by atoms with van der Waals surface area (Å²) in [4.78, 5) is 0. The van der Waals surface area contributed by atoms with E-state index in [2.05, 4.69) is 21.2 Å². The van der Waals surface area contributed by atoms with E-state index in [1.165, 1.54) is 12.1 Å². The van der Waals surface area contributed by atoms with Crippen molar-refractivity contribution in [2.24, 2.45) is 0 Å². The molecule has 0 aliphatic rings. The third-order valence-electron chi connectivity index (χ3n) is 3.31. The van der Waals surface area contributed by atoms with Crippen LogP contribution in [0.25, 0.3) is 0 Å². The molecular weight excluding hydrogens is 360 g/mol. The summed E-state index contributed by atoms with van der Waals surface area (Å²) in [5.74, 6) is -1.18. The maximum atomic E-state index is 14.3. The number of hydrogen-bond acceptors (Lipinski definition) is 1. The van der Waals surface area contributed by atoms with E-state index in [1.807, 2.05) is 26.0 Å². The minimum Gasteiger partial charge on any atom is -0.306 e. The van der Waals surface area contributed by atoms with Crippen molar-refractivity contribution in [2.45, 2.75) is 19.9 Å². The molecule has 0 aromatic heterocycles. The quantitative estimate of drug-likeness (QED) is 0.708. The lowest BCUT2D eigenvalue weighted by molar-refractivity contribution is 0.507. The van der Waals surface area contributed by atoms with Crippen LogP contribution in [0.2, 0.25) is 5.02 Å². The van der Waals surface area contributed by atoms with Gasteiger partial charge in [0.25, 0.3) is 0 Å². The molecule has 0 heterocycles. The fourth-order valence-electron chi connectivity index (χ4n) is 2.19. The van der Waals surface area contributed by atoms with Crippen LogP contribution in [0, 0.1) is 18.6 Å². The van der Waals surface area contributed by atoms with Crippen LogP contribution in [-0.4, -0.2) is 6.54 Å². The summed E-state index contributed by atoms with van der Waals surface area (Å²) in [5, 5.41) is 3.69. The monoisotopic (exact) mass is 373 g/mol. The zero-order chi connectivity index (χ0) is 15.6. The van der Waals surface area contributed by atoms with E-state index in [0.29, 0.717) is 11.6 Å². The van der Waals surface area contributed by atoms with E-state index < -0.39 is 17.7 Å². The van der Waals surface area contributed by atoms with Gasteiger partial charge in [-0.1, -0.05) is 30.7 Å². The number of rotatable bonds is 4. The maximum Gasteiger partial charge on any atom is 0.145 e. The van der Waals surface area contributed by atoms with Crippen molar-refractivity contribution in [3.63, 3.8) is 0 Å². The average Bonchev–Trinajstić information content (AvgIpc) is 2.45. The summed E-state index contributed by atoms with van der Waals surface area (Å²) in [6, 6.07) is 7.43. The van der Waals surface area contributed by atoms with E-state index in [1.54, 1.807) is 6.07 Å². The van der Waals surface area contributed by atoms with Gasteiger partial charge in [0, 0.05) is 10.6 Å². The van der Waals surface area contributed by atoms with Crippen LogP contribution in [0.15, 0.2) is 34.8 Å². The largest absolute Gasteiger partial charge is 0.306 e. The van der Waals surface area contributed by atoms with Crippen molar-refractivity contribution in [1.29, 1.82) is 0 Å². The first kappa shape index (κ1) is 16.4. The molecule has 0 aliphatic carbocycles. The zero-order valence-corrected chi connectivity index (χ0v) is 14.0. The molecule has 5 heteroatoms. The van der Waals surface area contributed by atoms with Crippen molar-refractivity contribution in [3.05, 3.63) is 68.2 Å². The molecule has 0 spiro atoms. The molecule has 0 saturated heterocycles. The average molecular weight is 375 g/mol. The SMILES string of the molecule is CCNC(c1ccc(C)c(Cl)c1)c1c(F)ccc(Br)c1F. The van der Waals surface area contributed by atoms with Crippen LogP contribution in [-0.2, 0) is 0 Å². The van der Waals surface area contributed by atoms with E-state index >= 15 is 0 Å². The number of hydrogen-bond donors (Lipinski definition) is 1. The predicted molar refractivity (Wildman–Crippen MR) is 85.8 cm³/mol. The smallest absolute Gasteiger partial charge is 0.145 e. The standard InChI is InChI=1S/C16H15BrClF2N/c1-3-21-16(10-5-4-9(2)12(18)8-10)14-13(19)7-6-11(17)15(14)20/h4-8,16,21H,3H2,1-2H3. The Morgan fingerprint density at radius 2 is 1.95 bits per heavy atom. The Morgan fingerprint density at radius 3 is 2.57 bits per heavy atom. The Balaban J connectivity index is 2.58. The molecule has 0 saturated carbocycles. The molecule has 112 valence electrons. The maximum absolute atomic E-state index is 14.3. The highest BCUT2D eigenvalue weighted by Gasteiger charge is 2.23. The molecule has 0 bridgehead atoms. The van der Waals surface area contributed by atoms with E-state index in [9.17, 15) is 8.78 Å². The van der Waals surface area contributed by atoms with Gasteiger partial charge in [-0.15, -0.1) is 0 Å². The molecule has 1 atom stereocenters. The second-order valence-corrected chi connectivity index (χ2v) is 6.02. The van der Waals surface area contributed by atoms with Crippen molar-refractivity contribution in [2.75, 3.05) is 6.54 Å². The topological polar surface area (TPSA) is 12.0 Å². The second kappa shape index (κ2) is 6.86. The number of halogens is 4. The van der Waals surface area contributed by atoms with Crippen LogP contribution < -0.4 is 5.32 Å². The number of benzene rings is 2. The van der Waals surface area contributed by atoms with Gasteiger partial charge in [0.05, 0.1) is 10.5 Å². The predicted octanol–water partition coefficient (Wildman–Crippen LogP) is 5.39. The van der Waals surface area contributed by atoms with Crippen molar-refractivity contribution < 1.29 is 8.78 Å².